The van der Waals surface area contributed by atoms with Crippen molar-refractivity contribution >= 4 is 17.9 Å². The van der Waals surface area contributed by atoms with E-state index in [2.05, 4.69) is 106 Å². The minimum Gasteiger partial charge on any atom is -0.462 e. The Bertz CT molecular complexity index is 1370. The van der Waals surface area contributed by atoms with Crippen LogP contribution in [0.25, 0.3) is 0 Å². The molecule has 0 rings (SSSR count). The van der Waals surface area contributed by atoms with Crippen molar-refractivity contribution < 1.29 is 28.6 Å². The predicted octanol–water partition coefficient (Wildman–Crippen LogP) is 20.3. The molecule has 6 heteroatoms. The monoisotopic (exact) mass is 989 g/mol. The quantitative estimate of drug-likeness (QED) is 0.0261. The Labute approximate surface area is 439 Å². The van der Waals surface area contributed by atoms with Crippen LogP contribution in [0.5, 0.6) is 0 Å². The van der Waals surface area contributed by atoms with E-state index in [1.165, 1.54) is 135 Å². The number of ether oxygens (including phenoxy) is 3. The van der Waals surface area contributed by atoms with E-state index >= 15 is 0 Å². The summed E-state index contributed by atoms with van der Waals surface area (Å²) in [7, 11) is 0. The molecule has 0 N–H and O–H groups in total. The molecule has 0 aliphatic rings. The van der Waals surface area contributed by atoms with Gasteiger partial charge in [0, 0.05) is 19.3 Å². The molecule has 0 aliphatic heterocycles. The first-order valence-corrected chi connectivity index (χ1v) is 30.1. The molecule has 6 nitrogen and oxygen atoms in total. The highest BCUT2D eigenvalue weighted by Gasteiger charge is 2.19. The van der Waals surface area contributed by atoms with Gasteiger partial charge in [-0.3, -0.25) is 14.4 Å². The highest BCUT2D eigenvalue weighted by molar-refractivity contribution is 5.71. The number of carbonyl (C=O) groups is 3. The summed E-state index contributed by atoms with van der Waals surface area (Å²) < 4.78 is 16.9. The predicted molar refractivity (Wildman–Crippen MR) is 307 cm³/mol. The summed E-state index contributed by atoms with van der Waals surface area (Å²) in [5.74, 6) is -0.917. The number of rotatable bonds is 54. The van der Waals surface area contributed by atoms with Crippen molar-refractivity contribution in [1.29, 1.82) is 0 Å². The highest BCUT2D eigenvalue weighted by Crippen LogP contribution is 2.15. The summed E-state index contributed by atoms with van der Waals surface area (Å²) in [6, 6.07) is 0. The van der Waals surface area contributed by atoms with Crippen molar-refractivity contribution in [2.75, 3.05) is 13.2 Å². The average Bonchev–Trinajstić information content (AvgIpc) is 3.37. The fourth-order valence-corrected chi connectivity index (χ4v) is 8.27. The Kier molecular flexibility index (Phi) is 56.3. The molecule has 1 atom stereocenters. The maximum Gasteiger partial charge on any atom is 0.306 e. The lowest BCUT2D eigenvalue weighted by Gasteiger charge is -2.18. The zero-order valence-electron chi connectivity index (χ0n) is 46.7. The SMILES string of the molecule is CCCCC/C=C\C/C=C\CCCCCCCCCC(=O)OC(COC(=O)CCCCCCC/C=C\C/C=C\CCCCC)COC(=O)CCCCCCCC/C=C\C/C=C\C/C=C\CCCCCCC. The van der Waals surface area contributed by atoms with E-state index in [4.69, 9.17) is 14.2 Å². The summed E-state index contributed by atoms with van der Waals surface area (Å²) in [5, 5.41) is 0. The standard InChI is InChI=1S/C65H112O6/c1-4-7-10-13-16-19-22-25-28-30-31-32-33-35-37-40-43-46-49-52-55-58-64(67)70-61-62(60-69-63(66)57-54-51-48-45-42-39-36-27-24-21-18-15-12-9-6-3)71-65(68)59-56-53-50-47-44-41-38-34-29-26-23-20-17-14-11-8-5-2/h17-18,20-22,25-27,29-31,33,35-36,62H,4-16,19,23-24,28,32,34,37-61H2,1-3H3/b20-17-,21-18-,25-22-,29-26-,31-30-,35-33-,36-27-. The minimum absolute atomic E-state index is 0.0912. The van der Waals surface area contributed by atoms with Gasteiger partial charge in [0.1, 0.15) is 13.2 Å². The van der Waals surface area contributed by atoms with Gasteiger partial charge in [-0.05, 0) is 122 Å². The molecule has 0 fully saturated rings. The van der Waals surface area contributed by atoms with Crippen LogP contribution in [0, 0.1) is 0 Å². The Morgan fingerprint density at radius 1 is 0.282 bits per heavy atom. The maximum absolute atomic E-state index is 12.9. The van der Waals surface area contributed by atoms with Crippen molar-refractivity contribution in [3.63, 3.8) is 0 Å². The van der Waals surface area contributed by atoms with Crippen LogP contribution in [-0.4, -0.2) is 37.2 Å². The van der Waals surface area contributed by atoms with Crippen molar-refractivity contribution in [2.24, 2.45) is 0 Å². The molecular weight excluding hydrogens is 877 g/mol. The van der Waals surface area contributed by atoms with E-state index < -0.39 is 6.10 Å². The number of hydrogen-bond acceptors (Lipinski definition) is 6. The zero-order valence-corrected chi connectivity index (χ0v) is 46.7. The molecule has 0 spiro atoms. The fraction of sp³-hybridized carbons (Fsp3) is 0.738. The van der Waals surface area contributed by atoms with Gasteiger partial charge in [-0.1, -0.05) is 234 Å². The maximum atomic E-state index is 12.9. The highest BCUT2D eigenvalue weighted by atomic mass is 16.6. The molecule has 0 bridgehead atoms. The normalized spacial score (nSPS) is 12.7. The van der Waals surface area contributed by atoms with Crippen LogP contribution >= 0.6 is 0 Å². The van der Waals surface area contributed by atoms with Gasteiger partial charge in [-0.2, -0.15) is 0 Å². The molecule has 0 aliphatic carbocycles. The number of hydrogen-bond donors (Lipinski definition) is 0. The number of carbonyl (C=O) groups excluding carboxylic acids is 3. The number of unbranched alkanes of at least 4 members (excludes halogenated alkanes) is 29. The van der Waals surface area contributed by atoms with E-state index in [1.54, 1.807) is 0 Å². The van der Waals surface area contributed by atoms with E-state index in [9.17, 15) is 14.4 Å². The Balaban J connectivity index is 4.43. The zero-order chi connectivity index (χ0) is 51.4. The molecule has 0 heterocycles. The third-order valence-corrected chi connectivity index (χ3v) is 12.8. The second kappa shape index (κ2) is 59.2. The van der Waals surface area contributed by atoms with Gasteiger partial charge in [0.05, 0.1) is 0 Å². The van der Waals surface area contributed by atoms with E-state index in [-0.39, 0.29) is 31.1 Å². The van der Waals surface area contributed by atoms with E-state index in [0.717, 1.165) is 116 Å². The van der Waals surface area contributed by atoms with Crippen LogP contribution in [0.3, 0.4) is 0 Å². The lowest BCUT2D eigenvalue weighted by atomic mass is 10.1. The summed E-state index contributed by atoms with van der Waals surface area (Å²) >= 11 is 0. The number of esters is 3. The van der Waals surface area contributed by atoms with Gasteiger partial charge < -0.3 is 14.2 Å². The smallest absolute Gasteiger partial charge is 0.306 e. The Morgan fingerprint density at radius 2 is 0.507 bits per heavy atom. The molecule has 0 saturated heterocycles. The van der Waals surface area contributed by atoms with Crippen LogP contribution in [0.4, 0.5) is 0 Å². The van der Waals surface area contributed by atoms with Crippen LogP contribution < -0.4 is 0 Å². The molecule has 0 aromatic carbocycles. The number of allylic oxidation sites excluding steroid dienone is 14. The van der Waals surface area contributed by atoms with Crippen molar-refractivity contribution in [1.82, 2.24) is 0 Å². The van der Waals surface area contributed by atoms with E-state index in [0.29, 0.717) is 19.3 Å². The molecular formula is C65H112O6. The topological polar surface area (TPSA) is 78.9 Å². The van der Waals surface area contributed by atoms with Gasteiger partial charge in [0.2, 0.25) is 0 Å². The minimum atomic E-state index is -0.794. The molecule has 0 aromatic heterocycles. The lowest BCUT2D eigenvalue weighted by molar-refractivity contribution is -0.167. The molecule has 0 saturated carbocycles. The van der Waals surface area contributed by atoms with Crippen molar-refractivity contribution in [2.45, 2.75) is 297 Å². The summed E-state index contributed by atoms with van der Waals surface area (Å²) in [4.78, 5) is 38.2. The molecule has 1 unspecified atom stereocenters. The first kappa shape index (κ1) is 67.6. The van der Waals surface area contributed by atoms with E-state index in [1.807, 2.05) is 0 Å². The third kappa shape index (κ3) is 57.4. The van der Waals surface area contributed by atoms with Crippen molar-refractivity contribution in [3.05, 3.63) is 85.1 Å². The first-order chi connectivity index (χ1) is 35.0. The molecule has 408 valence electrons. The average molecular weight is 990 g/mol. The largest absolute Gasteiger partial charge is 0.462 e. The lowest BCUT2D eigenvalue weighted by Crippen LogP contribution is -2.30. The Morgan fingerprint density at radius 3 is 0.817 bits per heavy atom. The van der Waals surface area contributed by atoms with Crippen LogP contribution in [0.1, 0.15) is 290 Å². The summed E-state index contributed by atoms with van der Waals surface area (Å²) in [5.41, 5.74) is 0. The molecule has 0 amide bonds. The third-order valence-electron chi connectivity index (χ3n) is 12.8. The molecule has 0 radical (unpaired) electrons. The summed E-state index contributed by atoms with van der Waals surface area (Å²) in [6.07, 6.45) is 77.1. The van der Waals surface area contributed by atoms with Gasteiger partial charge in [0.15, 0.2) is 6.10 Å². The second-order valence-corrected chi connectivity index (χ2v) is 19.9. The fourth-order valence-electron chi connectivity index (χ4n) is 8.27. The molecule has 0 aromatic rings. The van der Waals surface area contributed by atoms with Crippen LogP contribution in [0.15, 0.2) is 85.1 Å². The van der Waals surface area contributed by atoms with Gasteiger partial charge in [-0.25, -0.2) is 0 Å². The summed E-state index contributed by atoms with van der Waals surface area (Å²) in [6.45, 7) is 6.56. The second-order valence-electron chi connectivity index (χ2n) is 19.9. The Hall–Kier alpha value is -3.41. The molecule has 71 heavy (non-hydrogen) atoms. The van der Waals surface area contributed by atoms with Crippen LogP contribution in [-0.2, 0) is 28.6 Å². The first-order valence-electron chi connectivity index (χ1n) is 30.1. The van der Waals surface area contributed by atoms with Gasteiger partial charge >= 0.3 is 17.9 Å². The van der Waals surface area contributed by atoms with Crippen LogP contribution in [0.2, 0.25) is 0 Å². The van der Waals surface area contributed by atoms with Crippen molar-refractivity contribution in [3.8, 4) is 0 Å². The van der Waals surface area contributed by atoms with Gasteiger partial charge in [-0.15, -0.1) is 0 Å². The van der Waals surface area contributed by atoms with Gasteiger partial charge in [0.25, 0.3) is 0 Å².